The molecule has 0 nitrogen and oxygen atoms in total. The van der Waals surface area contributed by atoms with Gasteiger partial charge >= 0.3 is 0 Å². The van der Waals surface area contributed by atoms with E-state index in [-0.39, 0.29) is 0 Å². The zero-order valence-corrected chi connectivity index (χ0v) is 14.6. The van der Waals surface area contributed by atoms with E-state index in [0.717, 1.165) is 23.7 Å². The van der Waals surface area contributed by atoms with Gasteiger partial charge in [0.2, 0.25) is 0 Å². The number of fused-ring (bicyclic) bond motifs is 4. The molecule has 4 aliphatic carbocycles. The monoisotopic (exact) mass is 274 g/mol. The molecule has 0 amide bonds. The van der Waals surface area contributed by atoms with Crippen molar-refractivity contribution in [3.8, 4) is 0 Å². The molecule has 4 rings (SSSR count). The van der Waals surface area contributed by atoms with Gasteiger partial charge in [0.25, 0.3) is 0 Å². The summed E-state index contributed by atoms with van der Waals surface area (Å²) in [4.78, 5) is 0. The first-order valence-electron chi connectivity index (χ1n) is 9.11. The zero-order valence-electron chi connectivity index (χ0n) is 14.6. The summed E-state index contributed by atoms with van der Waals surface area (Å²) in [5, 5.41) is 0. The molecule has 6 unspecified atom stereocenters. The third-order valence-electron chi connectivity index (χ3n) is 9.10. The van der Waals surface area contributed by atoms with Gasteiger partial charge in [0, 0.05) is 0 Å². The SMILES string of the molecule is CC12CCC(C1)C(C)(C)C2C1C2(C)CCC(C2)C1(C)C. The molecular formula is C20H34. The van der Waals surface area contributed by atoms with Gasteiger partial charge in [0.15, 0.2) is 0 Å². The molecule has 0 heterocycles. The number of hydrogen-bond acceptors (Lipinski definition) is 0. The van der Waals surface area contributed by atoms with Crippen LogP contribution in [0.2, 0.25) is 0 Å². The van der Waals surface area contributed by atoms with E-state index < -0.39 is 0 Å². The van der Waals surface area contributed by atoms with Crippen LogP contribution in [0, 0.1) is 45.3 Å². The van der Waals surface area contributed by atoms with E-state index in [2.05, 4.69) is 41.5 Å². The molecule has 20 heavy (non-hydrogen) atoms. The minimum absolute atomic E-state index is 0.586. The summed E-state index contributed by atoms with van der Waals surface area (Å²) >= 11 is 0. The molecule has 0 aromatic heterocycles. The third-order valence-corrected chi connectivity index (χ3v) is 9.10. The molecule has 4 bridgehead atoms. The van der Waals surface area contributed by atoms with Gasteiger partial charge in [-0.25, -0.2) is 0 Å². The van der Waals surface area contributed by atoms with Crippen LogP contribution in [0.1, 0.15) is 80.1 Å². The maximum absolute atomic E-state index is 2.65. The fraction of sp³-hybridized carbons (Fsp3) is 1.00. The molecule has 4 saturated carbocycles. The molecule has 0 heteroatoms. The lowest BCUT2D eigenvalue weighted by atomic mass is 9.49. The summed E-state index contributed by atoms with van der Waals surface area (Å²) in [6.45, 7) is 15.8. The van der Waals surface area contributed by atoms with Crippen LogP contribution in [0.4, 0.5) is 0 Å². The van der Waals surface area contributed by atoms with Crippen molar-refractivity contribution >= 4 is 0 Å². The standard InChI is InChI=1S/C20H34/c1-17(2)13-7-9-19(5,11-13)15(17)16-18(3,4)14-8-10-20(16,6)12-14/h13-16H,7-12H2,1-6H3. The van der Waals surface area contributed by atoms with Crippen LogP contribution in [0.25, 0.3) is 0 Å². The molecule has 0 N–H and O–H groups in total. The van der Waals surface area contributed by atoms with Crippen LogP contribution >= 0.6 is 0 Å². The fourth-order valence-corrected chi connectivity index (χ4v) is 8.34. The van der Waals surface area contributed by atoms with Crippen molar-refractivity contribution in [1.82, 2.24) is 0 Å². The summed E-state index contributed by atoms with van der Waals surface area (Å²) in [5.74, 6) is 3.96. The first-order valence-corrected chi connectivity index (χ1v) is 9.11. The van der Waals surface area contributed by atoms with E-state index in [0.29, 0.717) is 21.7 Å². The van der Waals surface area contributed by atoms with Gasteiger partial charge in [-0.1, -0.05) is 41.5 Å². The van der Waals surface area contributed by atoms with E-state index in [4.69, 9.17) is 0 Å². The summed E-state index contributed by atoms with van der Waals surface area (Å²) < 4.78 is 0. The molecule has 0 saturated heterocycles. The van der Waals surface area contributed by atoms with Crippen LogP contribution in [0.15, 0.2) is 0 Å². The Hall–Kier alpha value is 0. The highest BCUT2D eigenvalue weighted by molar-refractivity contribution is 5.18. The average Bonchev–Trinajstić information content (AvgIpc) is 2.97. The van der Waals surface area contributed by atoms with Crippen LogP contribution < -0.4 is 0 Å². The first kappa shape index (κ1) is 13.6. The summed E-state index contributed by atoms with van der Waals surface area (Å²) in [6.07, 6.45) is 9.09. The Labute approximate surface area is 126 Å². The maximum atomic E-state index is 2.65. The topological polar surface area (TPSA) is 0 Å². The molecule has 0 radical (unpaired) electrons. The highest BCUT2D eigenvalue weighted by atomic mass is 14.7. The Morgan fingerprint density at radius 1 is 0.600 bits per heavy atom. The predicted octanol–water partition coefficient (Wildman–Crippen LogP) is 5.91. The van der Waals surface area contributed by atoms with Gasteiger partial charge in [-0.2, -0.15) is 0 Å². The lowest BCUT2D eigenvalue weighted by Gasteiger charge is -2.56. The van der Waals surface area contributed by atoms with Gasteiger partial charge in [-0.15, -0.1) is 0 Å². The lowest BCUT2D eigenvalue weighted by molar-refractivity contribution is -0.0787. The highest BCUT2D eigenvalue weighted by Crippen LogP contribution is 2.77. The fourth-order valence-electron chi connectivity index (χ4n) is 8.34. The van der Waals surface area contributed by atoms with E-state index in [1.807, 2.05) is 0 Å². The maximum Gasteiger partial charge on any atom is -0.0267 e. The normalized spacial score (nSPS) is 58.5. The first-order chi connectivity index (χ1) is 9.11. The Morgan fingerprint density at radius 3 is 1.20 bits per heavy atom. The second-order valence-electron chi connectivity index (χ2n) is 10.8. The van der Waals surface area contributed by atoms with Crippen molar-refractivity contribution in [2.75, 3.05) is 0 Å². The van der Waals surface area contributed by atoms with Crippen molar-refractivity contribution in [3.05, 3.63) is 0 Å². The molecule has 0 aliphatic heterocycles. The van der Waals surface area contributed by atoms with E-state index in [1.165, 1.54) is 38.5 Å². The van der Waals surface area contributed by atoms with Gasteiger partial charge in [0.05, 0.1) is 0 Å². The summed E-state index contributed by atoms with van der Waals surface area (Å²) in [6, 6.07) is 0. The molecule has 0 aromatic rings. The van der Waals surface area contributed by atoms with Crippen molar-refractivity contribution < 1.29 is 0 Å². The van der Waals surface area contributed by atoms with E-state index in [1.54, 1.807) is 0 Å². The van der Waals surface area contributed by atoms with Crippen LogP contribution in [-0.4, -0.2) is 0 Å². The highest BCUT2D eigenvalue weighted by Gasteiger charge is 2.70. The van der Waals surface area contributed by atoms with E-state index in [9.17, 15) is 0 Å². The van der Waals surface area contributed by atoms with Crippen LogP contribution in [0.5, 0.6) is 0 Å². The quantitative estimate of drug-likeness (QED) is 0.557. The predicted molar refractivity (Wildman–Crippen MR) is 85.4 cm³/mol. The molecule has 0 aromatic carbocycles. The smallest absolute Gasteiger partial charge is 0.0267 e. The van der Waals surface area contributed by atoms with Crippen molar-refractivity contribution in [3.63, 3.8) is 0 Å². The number of rotatable bonds is 1. The van der Waals surface area contributed by atoms with E-state index >= 15 is 0 Å². The second-order valence-corrected chi connectivity index (χ2v) is 10.8. The molecule has 0 spiro atoms. The minimum atomic E-state index is 0.586. The van der Waals surface area contributed by atoms with Crippen molar-refractivity contribution in [2.24, 2.45) is 45.3 Å². The second kappa shape index (κ2) is 3.49. The van der Waals surface area contributed by atoms with Gasteiger partial charge in [-0.05, 0) is 83.9 Å². The summed E-state index contributed by atoms with van der Waals surface area (Å²) in [5.41, 5.74) is 2.48. The van der Waals surface area contributed by atoms with Crippen molar-refractivity contribution in [2.45, 2.75) is 80.1 Å². The Morgan fingerprint density at radius 2 is 0.950 bits per heavy atom. The largest absolute Gasteiger partial charge is 0.0593 e. The van der Waals surface area contributed by atoms with Gasteiger partial charge in [-0.3, -0.25) is 0 Å². The zero-order chi connectivity index (χ0) is 14.6. The molecule has 114 valence electrons. The molecule has 4 aliphatic rings. The Kier molecular flexibility index (Phi) is 2.38. The van der Waals surface area contributed by atoms with Crippen molar-refractivity contribution in [1.29, 1.82) is 0 Å². The van der Waals surface area contributed by atoms with Crippen LogP contribution in [-0.2, 0) is 0 Å². The number of hydrogen-bond donors (Lipinski definition) is 0. The molecule has 4 fully saturated rings. The van der Waals surface area contributed by atoms with Crippen LogP contribution in [0.3, 0.4) is 0 Å². The Bertz CT molecular complexity index is 393. The average molecular weight is 274 g/mol. The molecular weight excluding hydrogens is 240 g/mol. The summed E-state index contributed by atoms with van der Waals surface area (Å²) in [7, 11) is 0. The lowest BCUT2D eigenvalue weighted by Crippen LogP contribution is -2.50. The minimum Gasteiger partial charge on any atom is -0.0593 e. The van der Waals surface area contributed by atoms with Gasteiger partial charge < -0.3 is 0 Å². The molecule has 6 atom stereocenters. The Balaban J connectivity index is 1.81. The third kappa shape index (κ3) is 1.35. The van der Waals surface area contributed by atoms with Gasteiger partial charge in [0.1, 0.15) is 0 Å².